The summed E-state index contributed by atoms with van der Waals surface area (Å²) in [5.41, 5.74) is 0.980. The van der Waals surface area contributed by atoms with Crippen LogP contribution < -0.4 is 5.32 Å². The van der Waals surface area contributed by atoms with Crippen LogP contribution in [0.1, 0.15) is 25.8 Å². The number of hydrogen-bond donors (Lipinski definition) is 1. The number of nitrogens with one attached hydrogen (secondary N) is 1. The molecule has 2 fully saturated rings. The van der Waals surface area contributed by atoms with Crippen molar-refractivity contribution >= 4 is 17.8 Å². The van der Waals surface area contributed by atoms with Gasteiger partial charge in [0.2, 0.25) is 5.91 Å². The lowest BCUT2D eigenvalue weighted by Crippen LogP contribution is -2.48. The van der Waals surface area contributed by atoms with Gasteiger partial charge in [0.15, 0.2) is 0 Å². The average molecular weight is 343 g/mol. The summed E-state index contributed by atoms with van der Waals surface area (Å²) in [7, 11) is 0. The lowest BCUT2D eigenvalue weighted by molar-refractivity contribution is -0.139. The van der Waals surface area contributed by atoms with Gasteiger partial charge >= 0.3 is 6.03 Å². The second kappa shape index (κ2) is 7.25. The fraction of sp³-hybridized carbons (Fsp3) is 0.526. The molecule has 2 aliphatic rings. The molecule has 134 valence electrons. The Morgan fingerprint density at radius 1 is 1.12 bits per heavy atom. The monoisotopic (exact) mass is 343 g/mol. The van der Waals surface area contributed by atoms with Gasteiger partial charge in [-0.15, -0.1) is 0 Å². The summed E-state index contributed by atoms with van der Waals surface area (Å²) in [4.78, 5) is 40.1. The minimum absolute atomic E-state index is 0.151. The van der Waals surface area contributed by atoms with Crippen LogP contribution in [0.2, 0.25) is 0 Å². The normalized spacial score (nSPS) is 26.7. The van der Waals surface area contributed by atoms with Crippen molar-refractivity contribution in [1.82, 2.24) is 15.1 Å². The molecule has 6 heteroatoms. The van der Waals surface area contributed by atoms with Crippen molar-refractivity contribution < 1.29 is 14.4 Å². The number of likely N-dealkylation sites (tertiary alicyclic amines) is 1. The number of imide groups is 1. The van der Waals surface area contributed by atoms with Crippen LogP contribution in [0.15, 0.2) is 30.3 Å². The van der Waals surface area contributed by atoms with Gasteiger partial charge in [-0.2, -0.15) is 0 Å². The molecule has 2 heterocycles. The van der Waals surface area contributed by atoms with Crippen LogP contribution in [0.3, 0.4) is 0 Å². The third-order valence-electron chi connectivity index (χ3n) is 4.90. The van der Waals surface area contributed by atoms with Gasteiger partial charge in [-0.05, 0) is 23.8 Å². The summed E-state index contributed by atoms with van der Waals surface area (Å²) in [6.45, 7) is 5.47. The van der Waals surface area contributed by atoms with E-state index in [1.165, 1.54) is 0 Å². The van der Waals surface area contributed by atoms with E-state index in [0.29, 0.717) is 31.3 Å². The number of amides is 4. The van der Waals surface area contributed by atoms with Crippen LogP contribution in [0, 0.1) is 11.8 Å². The number of benzene rings is 1. The van der Waals surface area contributed by atoms with Gasteiger partial charge in [-0.25, -0.2) is 4.79 Å². The smallest absolute Gasteiger partial charge is 0.325 e. The highest BCUT2D eigenvalue weighted by molar-refractivity contribution is 6.06. The van der Waals surface area contributed by atoms with E-state index >= 15 is 0 Å². The van der Waals surface area contributed by atoms with Crippen LogP contribution >= 0.6 is 0 Å². The van der Waals surface area contributed by atoms with Crippen molar-refractivity contribution in [3.8, 4) is 0 Å². The van der Waals surface area contributed by atoms with E-state index in [1.54, 1.807) is 4.90 Å². The van der Waals surface area contributed by atoms with Crippen molar-refractivity contribution in [3.63, 3.8) is 0 Å². The van der Waals surface area contributed by atoms with Crippen LogP contribution in [-0.2, 0) is 16.0 Å². The predicted molar refractivity (Wildman–Crippen MR) is 93.7 cm³/mol. The van der Waals surface area contributed by atoms with Gasteiger partial charge in [0.25, 0.3) is 5.91 Å². The minimum Gasteiger partial charge on any atom is -0.341 e. The van der Waals surface area contributed by atoms with E-state index in [1.807, 2.05) is 30.3 Å². The highest BCUT2D eigenvalue weighted by Crippen LogP contribution is 2.21. The van der Waals surface area contributed by atoms with Gasteiger partial charge in [0.1, 0.15) is 12.6 Å². The second-order valence-corrected chi connectivity index (χ2v) is 7.36. The first-order chi connectivity index (χ1) is 11.9. The summed E-state index contributed by atoms with van der Waals surface area (Å²) >= 11 is 0. The molecule has 2 aliphatic heterocycles. The van der Waals surface area contributed by atoms with E-state index in [2.05, 4.69) is 19.2 Å². The van der Waals surface area contributed by atoms with Crippen molar-refractivity contribution in [3.05, 3.63) is 35.9 Å². The lowest BCUT2D eigenvalue weighted by atomic mass is 9.92. The largest absolute Gasteiger partial charge is 0.341 e. The zero-order valence-electron chi connectivity index (χ0n) is 14.8. The fourth-order valence-electron chi connectivity index (χ4n) is 3.82. The molecule has 4 amide bonds. The molecule has 0 saturated carbocycles. The molecule has 0 bridgehead atoms. The summed E-state index contributed by atoms with van der Waals surface area (Å²) in [6.07, 6.45) is 1.54. The Hall–Kier alpha value is -2.37. The number of carbonyl (C=O) groups excluding carboxylic acids is 3. The van der Waals surface area contributed by atoms with E-state index in [0.717, 1.165) is 16.9 Å². The lowest BCUT2D eigenvalue weighted by Gasteiger charge is -2.35. The van der Waals surface area contributed by atoms with E-state index in [4.69, 9.17) is 0 Å². The molecular weight excluding hydrogens is 318 g/mol. The maximum absolute atomic E-state index is 12.6. The van der Waals surface area contributed by atoms with Crippen LogP contribution in [0.25, 0.3) is 0 Å². The topological polar surface area (TPSA) is 69.7 Å². The molecule has 0 aliphatic carbocycles. The molecule has 0 spiro atoms. The number of piperidine rings is 1. The first-order valence-electron chi connectivity index (χ1n) is 8.87. The number of nitrogens with zero attached hydrogens (tertiary/aromatic N) is 2. The molecule has 3 unspecified atom stereocenters. The van der Waals surface area contributed by atoms with E-state index < -0.39 is 12.1 Å². The van der Waals surface area contributed by atoms with Crippen molar-refractivity contribution in [1.29, 1.82) is 0 Å². The van der Waals surface area contributed by atoms with Crippen LogP contribution in [0.5, 0.6) is 0 Å². The molecule has 0 aromatic heterocycles. The maximum atomic E-state index is 12.6. The van der Waals surface area contributed by atoms with E-state index in [9.17, 15) is 14.4 Å². The molecule has 1 N–H and O–H groups in total. The van der Waals surface area contributed by atoms with E-state index in [-0.39, 0.29) is 18.4 Å². The molecular formula is C19H25N3O3. The second-order valence-electron chi connectivity index (χ2n) is 7.36. The van der Waals surface area contributed by atoms with Crippen molar-refractivity contribution in [2.24, 2.45) is 11.8 Å². The SMILES string of the molecule is CC1CC(C)CN(C(=O)CN2C(=O)NC(Cc3ccccc3)C2=O)C1. The van der Waals surface area contributed by atoms with Crippen LogP contribution in [0.4, 0.5) is 4.79 Å². The Labute approximate surface area is 148 Å². The minimum atomic E-state index is -0.595. The van der Waals surface area contributed by atoms with Gasteiger partial charge in [-0.3, -0.25) is 14.5 Å². The maximum Gasteiger partial charge on any atom is 0.325 e. The zero-order valence-corrected chi connectivity index (χ0v) is 14.8. The highest BCUT2D eigenvalue weighted by Gasteiger charge is 2.40. The number of urea groups is 1. The Morgan fingerprint density at radius 2 is 1.76 bits per heavy atom. The summed E-state index contributed by atoms with van der Waals surface area (Å²) in [5, 5.41) is 2.69. The fourth-order valence-corrected chi connectivity index (χ4v) is 3.82. The van der Waals surface area contributed by atoms with Crippen molar-refractivity contribution in [2.75, 3.05) is 19.6 Å². The van der Waals surface area contributed by atoms with Gasteiger partial charge in [-0.1, -0.05) is 44.2 Å². The molecule has 6 nitrogen and oxygen atoms in total. The predicted octanol–water partition coefficient (Wildman–Crippen LogP) is 1.65. The first kappa shape index (κ1) is 17.5. The quantitative estimate of drug-likeness (QED) is 0.845. The highest BCUT2D eigenvalue weighted by atomic mass is 16.2. The third kappa shape index (κ3) is 4.00. The Balaban J connectivity index is 1.61. The Bertz CT molecular complexity index is 651. The Kier molecular flexibility index (Phi) is 5.06. The Morgan fingerprint density at radius 3 is 2.40 bits per heavy atom. The molecule has 3 atom stereocenters. The molecule has 1 aromatic rings. The number of rotatable bonds is 4. The molecule has 25 heavy (non-hydrogen) atoms. The van der Waals surface area contributed by atoms with Gasteiger partial charge in [0.05, 0.1) is 0 Å². The third-order valence-corrected chi connectivity index (χ3v) is 4.90. The average Bonchev–Trinajstić information content (AvgIpc) is 2.82. The standard InChI is InChI=1S/C19H25N3O3/c1-13-8-14(2)11-21(10-13)17(23)12-22-18(24)16(20-19(22)25)9-15-6-4-3-5-7-15/h3-7,13-14,16H,8-12H2,1-2H3,(H,20,25). The zero-order chi connectivity index (χ0) is 18.0. The molecule has 1 aromatic carbocycles. The van der Waals surface area contributed by atoms with Gasteiger partial charge in [0, 0.05) is 19.5 Å². The summed E-state index contributed by atoms with van der Waals surface area (Å²) < 4.78 is 0. The molecule has 2 saturated heterocycles. The molecule has 3 rings (SSSR count). The van der Waals surface area contributed by atoms with Crippen molar-refractivity contribution in [2.45, 2.75) is 32.7 Å². The van der Waals surface area contributed by atoms with Crippen LogP contribution in [-0.4, -0.2) is 53.3 Å². The first-order valence-corrected chi connectivity index (χ1v) is 8.87. The molecule has 0 radical (unpaired) electrons. The number of carbonyl (C=O) groups is 3. The summed E-state index contributed by atoms with van der Waals surface area (Å²) in [5.74, 6) is 0.422. The van der Waals surface area contributed by atoms with Gasteiger partial charge < -0.3 is 10.2 Å². The summed E-state index contributed by atoms with van der Waals surface area (Å²) in [6, 6.07) is 8.48. The number of hydrogen-bond acceptors (Lipinski definition) is 3.